The fourth-order valence-corrected chi connectivity index (χ4v) is 2.69. The molecule has 2 rings (SSSR count). The molecule has 7 nitrogen and oxygen atoms in total. The van der Waals surface area contributed by atoms with Crippen LogP contribution in [0.3, 0.4) is 0 Å². The van der Waals surface area contributed by atoms with Gasteiger partial charge in [0.15, 0.2) is 18.1 Å². The molecular formula is C19H19BrN2O5. The van der Waals surface area contributed by atoms with Gasteiger partial charge in [-0.1, -0.05) is 6.07 Å². The molecule has 0 aromatic heterocycles. The fraction of sp³-hybridized carbons (Fsp3) is 0.211. The number of nitrogens with one attached hydrogen (secondary N) is 1. The van der Waals surface area contributed by atoms with Gasteiger partial charge in [0.05, 0.1) is 17.8 Å². The van der Waals surface area contributed by atoms with E-state index in [1.807, 2.05) is 19.1 Å². The van der Waals surface area contributed by atoms with Crippen molar-refractivity contribution < 1.29 is 23.8 Å². The van der Waals surface area contributed by atoms with Crippen molar-refractivity contribution in [2.45, 2.75) is 13.8 Å². The minimum atomic E-state index is -0.442. The quantitative estimate of drug-likeness (QED) is 0.313. The highest BCUT2D eigenvalue weighted by atomic mass is 79.9. The second-order valence-electron chi connectivity index (χ2n) is 5.52. The zero-order valence-corrected chi connectivity index (χ0v) is 16.7. The molecule has 0 fully saturated rings. The number of amides is 1. The Balaban J connectivity index is 1.90. The Labute approximate surface area is 165 Å². The van der Waals surface area contributed by atoms with E-state index < -0.39 is 11.9 Å². The molecule has 1 N–H and O–H groups in total. The van der Waals surface area contributed by atoms with Gasteiger partial charge in [-0.05, 0) is 64.3 Å². The van der Waals surface area contributed by atoms with Crippen molar-refractivity contribution >= 4 is 34.0 Å². The molecule has 0 unspecified atom stereocenters. The number of rotatable bonds is 7. The third-order valence-corrected chi connectivity index (χ3v) is 3.91. The van der Waals surface area contributed by atoms with Crippen LogP contribution in [0.2, 0.25) is 0 Å². The lowest BCUT2D eigenvalue weighted by atomic mass is 10.2. The van der Waals surface area contributed by atoms with E-state index in [2.05, 4.69) is 26.5 Å². The van der Waals surface area contributed by atoms with Crippen LogP contribution in [-0.4, -0.2) is 31.8 Å². The maximum absolute atomic E-state index is 11.8. The number of hydrazone groups is 1. The molecule has 0 saturated heterocycles. The average Bonchev–Trinajstić information content (AvgIpc) is 2.61. The van der Waals surface area contributed by atoms with Gasteiger partial charge in [-0.2, -0.15) is 5.10 Å². The lowest BCUT2D eigenvalue weighted by molar-refractivity contribution is -0.132. The van der Waals surface area contributed by atoms with Crippen LogP contribution in [-0.2, 0) is 9.59 Å². The molecule has 0 saturated carbocycles. The van der Waals surface area contributed by atoms with Crippen molar-refractivity contribution in [1.82, 2.24) is 5.43 Å². The number of aryl methyl sites for hydroxylation is 1. The van der Waals surface area contributed by atoms with E-state index in [0.717, 1.165) is 10.0 Å². The van der Waals surface area contributed by atoms with Gasteiger partial charge < -0.3 is 14.2 Å². The third kappa shape index (κ3) is 6.41. The van der Waals surface area contributed by atoms with E-state index in [-0.39, 0.29) is 6.61 Å². The van der Waals surface area contributed by atoms with Crippen LogP contribution in [0.4, 0.5) is 0 Å². The summed E-state index contributed by atoms with van der Waals surface area (Å²) in [7, 11) is 1.46. The van der Waals surface area contributed by atoms with Gasteiger partial charge in [0.25, 0.3) is 5.91 Å². The largest absolute Gasteiger partial charge is 0.493 e. The van der Waals surface area contributed by atoms with Gasteiger partial charge >= 0.3 is 5.97 Å². The highest BCUT2D eigenvalue weighted by molar-refractivity contribution is 9.10. The van der Waals surface area contributed by atoms with Crippen LogP contribution in [0.1, 0.15) is 18.1 Å². The van der Waals surface area contributed by atoms with E-state index in [1.54, 1.807) is 24.3 Å². The number of esters is 1. The maximum atomic E-state index is 11.8. The average molecular weight is 435 g/mol. The van der Waals surface area contributed by atoms with E-state index in [1.165, 1.54) is 20.2 Å². The number of carbonyl (C=O) groups is 2. The van der Waals surface area contributed by atoms with Crippen LogP contribution in [0.15, 0.2) is 46.0 Å². The van der Waals surface area contributed by atoms with Crippen molar-refractivity contribution in [3.8, 4) is 17.2 Å². The molecule has 0 bridgehead atoms. The second-order valence-corrected chi connectivity index (χ2v) is 6.37. The zero-order chi connectivity index (χ0) is 19.8. The topological polar surface area (TPSA) is 86.2 Å². The Bertz CT molecular complexity index is 867. The van der Waals surface area contributed by atoms with Gasteiger partial charge in [-0.15, -0.1) is 0 Å². The summed E-state index contributed by atoms with van der Waals surface area (Å²) in [6.45, 7) is 3.10. The first-order valence-electron chi connectivity index (χ1n) is 7.96. The molecule has 0 aliphatic heterocycles. The molecule has 0 aliphatic carbocycles. The highest BCUT2D eigenvalue weighted by Crippen LogP contribution is 2.27. The summed E-state index contributed by atoms with van der Waals surface area (Å²) in [5.74, 6) is 0.422. The number of hydrogen-bond acceptors (Lipinski definition) is 6. The summed E-state index contributed by atoms with van der Waals surface area (Å²) in [5.41, 5.74) is 4.12. The first-order valence-corrected chi connectivity index (χ1v) is 8.75. The standard InChI is InChI=1S/C19H19BrN2O5/c1-12-4-6-16(15(20)8-12)26-11-19(24)22-21-10-14-5-7-17(27-13(2)23)18(9-14)25-3/h4-10H,11H2,1-3H3,(H,22,24). The Morgan fingerprint density at radius 2 is 1.89 bits per heavy atom. The summed E-state index contributed by atoms with van der Waals surface area (Å²) in [6.07, 6.45) is 1.44. The normalized spacial score (nSPS) is 10.5. The molecule has 0 spiro atoms. The highest BCUT2D eigenvalue weighted by Gasteiger charge is 2.08. The number of nitrogens with zero attached hydrogens (tertiary/aromatic N) is 1. The van der Waals surface area contributed by atoms with Gasteiger partial charge in [0, 0.05) is 6.92 Å². The van der Waals surface area contributed by atoms with E-state index in [4.69, 9.17) is 14.2 Å². The molecule has 0 radical (unpaired) electrons. The molecule has 2 aromatic rings. The molecule has 0 atom stereocenters. The Hall–Kier alpha value is -2.87. The zero-order valence-electron chi connectivity index (χ0n) is 15.1. The minimum Gasteiger partial charge on any atom is -0.493 e. The van der Waals surface area contributed by atoms with Crippen molar-refractivity contribution in [3.05, 3.63) is 52.0 Å². The van der Waals surface area contributed by atoms with Crippen LogP contribution < -0.4 is 19.6 Å². The number of methoxy groups -OCH3 is 1. The molecular weight excluding hydrogens is 416 g/mol. The summed E-state index contributed by atoms with van der Waals surface area (Å²) in [4.78, 5) is 22.9. The van der Waals surface area contributed by atoms with Gasteiger partial charge in [0.1, 0.15) is 5.75 Å². The summed E-state index contributed by atoms with van der Waals surface area (Å²) < 4.78 is 16.4. The lowest BCUT2D eigenvalue weighted by Crippen LogP contribution is -2.24. The minimum absolute atomic E-state index is 0.173. The number of hydrogen-bond donors (Lipinski definition) is 1. The predicted molar refractivity (Wildman–Crippen MR) is 104 cm³/mol. The van der Waals surface area contributed by atoms with Crippen molar-refractivity contribution in [1.29, 1.82) is 0 Å². The Morgan fingerprint density at radius 1 is 1.15 bits per heavy atom. The van der Waals surface area contributed by atoms with Crippen LogP contribution in [0.25, 0.3) is 0 Å². The number of ether oxygens (including phenoxy) is 3. The first kappa shape index (κ1) is 20.4. The Morgan fingerprint density at radius 3 is 2.56 bits per heavy atom. The molecule has 1 amide bonds. The van der Waals surface area contributed by atoms with Crippen molar-refractivity contribution in [3.63, 3.8) is 0 Å². The maximum Gasteiger partial charge on any atom is 0.308 e. The second kappa shape index (κ2) is 9.72. The number of benzene rings is 2. The van der Waals surface area contributed by atoms with Crippen molar-refractivity contribution in [2.24, 2.45) is 5.10 Å². The van der Waals surface area contributed by atoms with Gasteiger partial charge in [-0.25, -0.2) is 5.43 Å². The molecule has 0 aliphatic rings. The monoisotopic (exact) mass is 434 g/mol. The summed E-state index contributed by atoms with van der Waals surface area (Å²) in [6, 6.07) is 10.5. The lowest BCUT2D eigenvalue weighted by Gasteiger charge is -2.08. The van der Waals surface area contributed by atoms with E-state index in [9.17, 15) is 9.59 Å². The molecule has 8 heteroatoms. The van der Waals surface area contributed by atoms with Gasteiger partial charge in [-0.3, -0.25) is 9.59 Å². The molecule has 27 heavy (non-hydrogen) atoms. The first-order chi connectivity index (χ1) is 12.9. The van der Waals surface area contributed by atoms with E-state index >= 15 is 0 Å². The molecule has 142 valence electrons. The van der Waals surface area contributed by atoms with E-state index in [0.29, 0.717) is 22.8 Å². The van der Waals surface area contributed by atoms with Gasteiger partial charge in [0.2, 0.25) is 0 Å². The van der Waals surface area contributed by atoms with Crippen molar-refractivity contribution in [2.75, 3.05) is 13.7 Å². The predicted octanol–water partition coefficient (Wildman–Crippen LogP) is 3.22. The molecule has 2 aromatic carbocycles. The number of halogens is 1. The molecule has 0 heterocycles. The summed E-state index contributed by atoms with van der Waals surface area (Å²) in [5, 5.41) is 3.88. The summed E-state index contributed by atoms with van der Waals surface area (Å²) >= 11 is 3.39. The third-order valence-electron chi connectivity index (χ3n) is 3.29. The smallest absolute Gasteiger partial charge is 0.308 e. The van der Waals surface area contributed by atoms with Crippen LogP contribution in [0, 0.1) is 6.92 Å². The van der Waals surface area contributed by atoms with Crippen LogP contribution in [0.5, 0.6) is 17.2 Å². The SMILES string of the molecule is COc1cc(C=NNC(=O)COc2ccc(C)cc2Br)ccc1OC(C)=O. The van der Waals surface area contributed by atoms with Crippen LogP contribution >= 0.6 is 15.9 Å². The number of carbonyl (C=O) groups excluding carboxylic acids is 2. The fourth-order valence-electron chi connectivity index (χ4n) is 2.08. The Kier molecular flexibility index (Phi) is 7.36.